The molecule has 0 bridgehead atoms. The molecule has 0 fully saturated rings. The van der Waals surface area contributed by atoms with Crippen molar-refractivity contribution in [1.29, 1.82) is 0 Å². The molecule has 0 saturated carbocycles. The highest BCUT2D eigenvalue weighted by atomic mass is 15.3. The summed E-state index contributed by atoms with van der Waals surface area (Å²) in [7, 11) is 0. The van der Waals surface area contributed by atoms with Crippen LogP contribution in [-0.2, 0) is 0 Å². The lowest BCUT2D eigenvalue weighted by molar-refractivity contribution is 0.478. The minimum absolute atomic E-state index is 0.00723. The average molecular weight is 213 g/mol. The number of benzene rings is 1. The van der Waals surface area contributed by atoms with Crippen molar-refractivity contribution in [2.45, 2.75) is 26.3 Å². The van der Waals surface area contributed by atoms with Gasteiger partial charge < -0.3 is 4.90 Å². The van der Waals surface area contributed by atoms with E-state index in [9.17, 15) is 0 Å². The van der Waals surface area contributed by atoms with Gasteiger partial charge in [-0.05, 0) is 32.9 Å². The van der Waals surface area contributed by atoms with Crippen molar-refractivity contribution >= 4 is 17.9 Å². The van der Waals surface area contributed by atoms with Crippen LogP contribution in [0, 0.1) is 6.92 Å². The van der Waals surface area contributed by atoms with Gasteiger partial charge in [-0.2, -0.15) is 0 Å². The van der Waals surface area contributed by atoms with Crippen LogP contribution in [0.15, 0.2) is 28.2 Å². The van der Waals surface area contributed by atoms with Gasteiger partial charge in [-0.25, -0.2) is 4.99 Å². The molecular weight excluding hydrogens is 198 g/mol. The Morgan fingerprint density at radius 1 is 1.31 bits per heavy atom. The number of fused-ring (bicyclic) bond motifs is 3. The van der Waals surface area contributed by atoms with Crippen molar-refractivity contribution in [2.24, 2.45) is 9.98 Å². The molecule has 0 radical (unpaired) electrons. The first-order valence-corrected chi connectivity index (χ1v) is 5.57. The molecule has 0 aliphatic carbocycles. The molecule has 1 aromatic carbocycles. The Kier molecular flexibility index (Phi) is 1.76. The van der Waals surface area contributed by atoms with Gasteiger partial charge >= 0.3 is 0 Å². The molecule has 0 amide bonds. The van der Waals surface area contributed by atoms with Crippen LogP contribution in [0.2, 0.25) is 0 Å². The molecule has 2 aliphatic rings. The van der Waals surface area contributed by atoms with Crippen LogP contribution in [0.3, 0.4) is 0 Å². The standard InChI is InChI=1S/C13H15N3/c1-9-4-5-11-10(6-9)12-15-13(2,3)7-16(12)8-14-11/h4-6,8H,7H2,1-3H3. The van der Waals surface area contributed by atoms with Crippen LogP contribution in [0.1, 0.15) is 25.0 Å². The third-order valence-electron chi connectivity index (χ3n) is 2.97. The molecule has 82 valence electrons. The molecule has 2 heterocycles. The van der Waals surface area contributed by atoms with E-state index in [0.29, 0.717) is 0 Å². The summed E-state index contributed by atoms with van der Waals surface area (Å²) in [6.45, 7) is 7.33. The fraction of sp³-hybridized carbons (Fsp3) is 0.385. The van der Waals surface area contributed by atoms with E-state index in [4.69, 9.17) is 4.99 Å². The lowest BCUT2D eigenvalue weighted by atomic mass is 10.1. The lowest BCUT2D eigenvalue weighted by Gasteiger charge is -2.22. The summed E-state index contributed by atoms with van der Waals surface area (Å²) in [5, 5.41) is 0. The van der Waals surface area contributed by atoms with Crippen molar-refractivity contribution in [1.82, 2.24) is 4.90 Å². The summed E-state index contributed by atoms with van der Waals surface area (Å²) in [6.07, 6.45) is 1.89. The minimum Gasteiger partial charge on any atom is -0.314 e. The van der Waals surface area contributed by atoms with E-state index in [1.165, 1.54) is 5.56 Å². The van der Waals surface area contributed by atoms with E-state index in [-0.39, 0.29) is 5.54 Å². The number of hydrogen-bond donors (Lipinski definition) is 0. The van der Waals surface area contributed by atoms with Gasteiger partial charge in [-0.1, -0.05) is 11.6 Å². The average Bonchev–Trinajstić information content (AvgIpc) is 2.52. The Balaban J connectivity index is 2.19. The summed E-state index contributed by atoms with van der Waals surface area (Å²) in [5.41, 5.74) is 3.43. The summed E-state index contributed by atoms with van der Waals surface area (Å²) >= 11 is 0. The van der Waals surface area contributed by atoms with Gasteiger partial charge in [0.2, 0.25) is 0 Å². The van der Waals surface area contributed by atoms with Crippen LogP contribution < -0.4 is 0 Å². The van der Waals surface area contributed by atoms with Gasteiger partial charge in [0.25, 0.3) is 0 Å². The number of amidine groups is 1. The summed E-state index contributed by atoms with van der Waals surface area (Å²) in [6, 6.07) is 6.32. The molecule has 0 N–H and O–H groups in total. The van der Waals surface area contributed by atoms with E-state index < -0.39 is 0 Å². The topological polar surface area (TPSA) is 28.0 Å². The van der Waals surface area contributed by atoms with Crippen LogP contribution in [0.25, 0.3) is 0 Å². The second-order valence-corrected chi connectivity index (χ2v) is 5.14. The predicted molar refractivity (Wildman–Crippen MR) is 66.7 cm³/mol. The van der Waals surface area contributed by atoms with E-state index in [0.717, 1.165) is 23.6 Å². The van der Waals surface area contributed by atoms with Gasteiger partial charge in [0.15, 0.2) is 0 Å². The van der Waals surface area contributed by atoms with Crippen LogP contribution >= 0.6 is 0 Å². The number of nitrogens with zero attached hydrogens (tertiary/aromatic N) is 3. The molecule has 1 aromatic rings. The third-order valence-corrected chi connectivity index (χ3v) is 2.97. The fourth-order valence-electron chi connectivity index (χ4n) is 2.26. The van der Waals surface area contributed by atoms with Crippen LogP contribution in [-0.4, -0.2) is 29.2 Å². The third kappa shape index (κ3) is 1.35. The molecule has 0 atom stereocenters. The zero-order valence-electron chi connectivity index (χ0n) is 9.86. The van der Waals surface area contributed by atoms with Crippen molar-refractivity contribution in [2.75, 3.05) is 6.54 Å². The second kappa shape index (κ2) is 2.94. The first-order valence-electron chi connectivity index (χ1n) is 5.57. The largest absolute Gasteiger partial charge is 0.314 e. The minimum atomic E-state index is -0.00723. The van der Waals surface area contributed by atoms with Gasteiger partial charge in [0.05, 0.1) is 24.1 Å². The highest BCUT2D eigenvalue weighted by molar-refractivity contribution is 6.11. The summed E-state index contributed by atoms with van der Waals surface area (Å²) in [5.74, 6) is 1.07. The maximum absolute atomic E-state index is 4.78. The molecule has 2 aliphatic heterocycles. The molecule has 0 spiro atoms. The van der Waals surface area contributed by atoms with Gasteiger partial charge in [-0.3, -0.25) is 4.99 Å². The molecule has 16 heavy (non-hydrogen) atoms. The van der Waals surface area contributed by atoms with Crippen LogP contribution in [0.5, 0.6) is 0 Å². The molecule has 3 heteroatoms. The normalized spacial score (nSPS) is 20.4. The Bertz CT molecular complexity index is 512. The van der Waals surface area contributed by atoms with E-state index in [1.54, 1.807) is 0 Å². The Labute approximate surface area is 95.5 Å². The van der Waals surface area contributed by atoms with Gasteiger partial charge in [0.1, 0.15) is 5.84 Å². The smallest absolute Gasteiger partial charge is 0.139 e. The predicted octanol–water partition coefficient (Wildman–Crippen LogP) is 2.51. The first-order chi connectivity index (χ1) is 7.55. The Morgan fingerprint density at radius 3 is 2.94 bits per heavy atom. The molecule has 3 rings (SSSR count). The monoisotopic (exact) mass is 213 g/mol. The van der Waals surface area contributed by atoms with E-state index in [1.807, 2.05) is 6.34 Å². The first kappa shape index (κ1) is 9.58. The van der Waals surface area contributed by atoms with Crippen LogP contribution in [0.4, 0.5) is 5.69 Å². The molecular formula is C13H15N3. The quantitative estimate of drug-likeness (QED) is 0.650. The zero-order chi connectivity index (χ0) is 11.3. The lowest BCUT2D eigenvalue weighted by Crippen LogP contribution is -2.33. The van der Waals surface area contributed by atoms with Gasteiger partial charge in [-0.15, -0.1) is 0 Å². The molecule has 0 aromatic heterocycles. The SMILES string of the molecule is Cc1ccc2c(c1)C1=NC(C)(C)CN1C=N2. The maximum atomic E-state index is 4.78. The maximum Gasteiger partial charge on any atom is 0.139 e. The Morgan fingerprint density at radius 2 is 2.12 bits per heavy atom. The van der Waals surface area contributed by atoms with Crippen molar-refractivity contribution in [3.05, 3.63) is 29.3 Å². The summed E-state index contributed by atoms with van der Waals surface area (Å²) < 4.78 is 0. The highest BCUT2D eigenvalue weighted by Crippen LogP contribution is 2.31. The molecule has 0 unspecified atom stereocenters. The van der Waals surface area contributed by atoms with Crippen molar-refractivity contribution in [3.63, 3.8) is 0 Å². The highest BCUT2D eigenvalue weighted by Gasteiger charge is 2.33. The molecule has 0 saturated heterocycles. The molecule has 3 nitrogen and oxygen atoms in total. The number of aliphatic imine (C=N–C) groups is 2. The van der Waals surface area contributed by atoms with Gasteiger partial charge in [0, 0.05) is 5.56 Å². The number of rotatable bonds is 0. The second-order valence-electron chi connectivity index (χ2n) is 5.14. The fourth-order valence-corrected chi connectivity index (χ4v) is 2.26. The zero-order valence-corrected chi connectivity index (χ0v) is 9.86. The van der Waals surface area contributed by atoms with E-state index >= 15 is 0 Å². The van der Waals surface area contributed by atoms with Crippen molar-refractivity contribution < 1.29 is 0 Å². The van der Waals surface area contributed by atoms with E-state index in [2.05, 4.69) is 48.9 Å². The summed E-state index contributed by atoms with van der Waals surface area (Å²) in [4.78, 5) is 11.4. The Hall–Kier alpha value is -1.64. The number of aryl methyl sites for hydroxylation is 1. The number of hydrogen-bond acceptors (Lipinski definition) is 3. The van der Waals surface area contributed by atoms with Crippen molar-refractivity contribution in [3.8, 4) is 0 Å².